The van der Waals surface area contributed by atoms with Gasteiger partial charge in [0.1, 0.15) is 12.2 Å². The number of aromatic nitrogens is 4. The van der Waals surface area contributed by atoms with E-state index in [2.05, 4.69) is 10.3 Å². The molecule has 29 heavy (non-hydrogen) atoms. The van der Waals surface area contributed by atoms with E-state index in [0.29, 0.717) is 44.2 Å². The number of fused-ring (bicyclic) bond motifs is 1. The summed E-state index contributed by atoms with van der Waals surface area (Å²) in [5.41, 5.74) is 0.444. The highest BCUT2D eigenvalue weighted by atomic mass is 16.5. The lowest BCUT2D eigenvalue weighted by atomic mass is 10.0. The van der Waals surface area contributed by atoms with E-state index in [1.54, 1.807) is 15.5 Å². The fourth-order valence-corrected chi connectivity index (χ4v) is 4.05. The summed E-state index contributed by atoms with van der Waals surface area (Å²) in [7, 11) is 0. The first-order valence-corrected chi connectivity index (χ1v) is 9.70. The van der Waals surface area contributed by atoms with E-state index in [-0.39, 0.29) is 23.9 Å². The Kier molecular flexibility index (Phi) is 4.13. The molecule has 5 rings (SSSR count). The minimum Gasteiger partial charge on any atom is -0.363 e. The molecule has 1 saturated heterocycles. The lowest BCUT2D eigenvalue weighted by Gasteiger charge is -2.33. The van der Waals surface area contributed by atoms with Crippen molar-refractivity contribution in [3.63, 3.8) is 0 Å². The summed E-state index contributed by atoms with van der Waals surface area (Å²) >= 11 is 0. The van der Waals surface area contributed by atoms with Crippen LogP contribution in [0.3, 0.4) is 0 Å². The van der Waals surface area contributed by atoms with Crippen molar-refractivity contribution in [3.05, 3.63) is 58.4 Å². The summed E-state index contributed by atoms with van der Waals surface area (Å²) in [6.45, 7) is 4.02. The fourth-order valence-electron chi connectivity index (χ4n) is 4.05. The van der Waals surface area contributed by atoms with Crippen molar-refractivity contribution < 1.29 is 14.1 Å². The molecule has 3 aromatic rings. The van der Waals surface area contributed by atoms with Gasteiger partial charge in [0.15, 0.2) is 17.3 Å². The third kappa shape index (κ3) is 2.98. The molecule has 0 aliphatic carbocycles. The quantitative estimate of drug-likeness (QED) is 0.668. The van der Waals surface area contributed by atoms with E-state index >= 15 is 0 Å². The van der Waals surface area contributed by atoms with Crippen LogP contribution in [0.15, 0.2) is 45.7 Å². The second-order valence-corrected chi connectivity index (χ2v) is 7.49. The van der Waals surface area contributed by atoms with Gasteiger partial charge in [0.2, 0.25) is 0 Å². The molecule has 1 spiro atoms. The van der Waals surface area contributed by atoms with Gasteiger partial charge in [-0.05, 0) is 13.3 Å². The third-order valence-electron chi connectivity index (χ3n) is 5.64. The van der Waals surface area contributed by atoms with Crippen molar-refractivity contribution in [2.75, 3.05) is 13.1 Å². The van der Waals surface area contributed by atoms with E-state index in [9.17, 15) is 9.59 Å². The van der Waals surface area contributed by atoms with E-state index in [4.69, 9.17) is 9.26 Å². The highest BCUT2D eigenvalue weighted by molar-refractivity contribution is 5.93. The fraction of sp³-hybridized carbons (Fsp3) is 0.400. The number of rotatable bonds is 3. The molecule has 1 unspecified atom stereocenters. The Morgan fingerprint density at radius 3 is 2.86 bits per heavy atom. The Morgan fingerprint density at radius 2 is 2.07 bits per heavy atom. The van der Waals surface area contributed by atoms with Gasteiger partial charge in [0.05, 0.1) is 13.1 Å². The van der Waals surface area contributed by atoms with Gasteiger partial charge in [-0.15, -0.1) is 0 Å². The monoisotopic (exact) mass is 395 g/mol. The molecule has 4 heterocycles. The first kappa shape index (κ1) is 17.9. The van der Waals surface area contributed by atoms with Crippen molar-refractivity contribution in [2.45, 2.75) is 38.6 Å². The smallest absolute Gasteiger partial charge is 0.346 e. The Balaban J connectivity index is 1.33. The van der Waals surface area contributed by atoms with Crippen LogP contribution >= 0.6 is 0 Å². The maximum Gasteiger partial charge on any atom is 0.346 e. The molecular formula is C20H21N5O4. The van der Waals surface area contributed by atoms with Crippen LogP contribution in [0.25, 0.3) is 11.3 Å². The predicted molar refractivity (Wildman–Crippen MR) is 102 cm³/mol. The second kappa shape index (κ2) is 6.70. The van der Waals surface area contributed by atoms with Gasteiger partial charge >= 0.3 is 5.69 Å². The Labute approximate surface area is 166 Å². The minimum atomic E-state index is -0.569. The number of likely N-dealkylation sites (tertiary alicyclic amines) is 1. The molecule has 1 fully saturated rings. The average molecular weight is 395 g/mol. The lowest BCUT2D eigenvalue weighted by molar-refractivity contribution is -0.0816. The standard InChI is InChI=1S/C20H21N5O4/c1-2-25-19(27)24-13-20(28-11-17(24)21-25)8-9-23(12-20)18(26)15-10-16(29-22-15)14-6-4-3-5-7-14/h3-7,10H,2,8-9,11-13H2,1H3. The van der Waals surface area contributed by atoms with Crippen LogP contribution in [0, 0.1) is 0 Å². The zero-order chi connectivity index (χ0) is 20.0. The highest BCUT2D eigenvalue weighted by Crippen LogP contribution is 2.32. The molecule has 2 aliphatic rings. The van der Waals surface area contributed by atoms with Gasteiger partial charge in [-0.3, -0.25) is 9.36 Å². The molecule has 1 amide bonds. The molecule has 2 aliphatic heterocycles. The minimum absolute atomic E-state index is 0.126. The first-order valence-electron chi connectivity index (χ1n) is 9.70. The number of hydrogen-bond donors (Lipinski definition) is 0. The molecule has 0 bridgehead atoms. The summed E-state index contributed by atoms with van der Waals surface area (Å²) in [6, 6.07) is 11.2. The van der Waals surface area contributed by atoms with Crippen LogP contribution in [0.2, 0.25) is 0 Å². The summed E-state index contributed by atoms with van der Waals surface area (Å²) < 4.78 is 14.6. The molecule has 0 saturated carbocycles. The lowest BCUT2D eigenvalue weighted by Crippen LogP contribution is -2.47. The molecule has 150 valence electrons. The number of nitrogens with zero attached hydrogens (tertiary/aromatic N) is 5. The van der Waals surface area contributed by atoms with Crippen LogP contribution in [0.1, 0.15) is 29.7 Å². The summed E-state index contributed by atoms with van der Waals surface area (Å²) in [5.74, 6) is 0.995. The van der Waals surface area contributed by atoms with Crippen molar-refractivity contribution in [1.82, 2.24) is 24.4 Å². The number of carbonyl (C=O) groups is 1. The van der Waals surface area contributed by atoms with Crippen LogP contribution in [0.5, 0.6) is 0 Å². The van der Waals surface area contributed by atoms with Crippen molar-refractivity contribution in [2.24, 2.45) is 0 Å². The SMILES string of the molecule is CCn1nc2n(c1=O)CC1(CCN(C(=O)c3cc(-c4ccccc4)on3)C1)OC2. The van der Waals surface area contributed by atoms with Gasteiger partial charge in [-0.2, -0.15) is 5.10 Å². The maximum atomic E-state index is 12.9. The van der Waals surface area contributed by atoms with Crippen LogP contribution < -0.4 is 5.69 Å². The molecule has 9 heteroatoms. The highest BCUT2D eigenvalue weighted by Gasteiger charge is 2.45. The number of aryl methyl sites for hydroxylation is 1. The van der Waals surface area contributed by atoms with Crippen LogP contribution in [0.4, 0.5) is 0 Å². The Bertz CT molecular complexity index is 1120. The van der Waals surface area contributed by atoms with Gasteiger partial charge in [0, 0.05) is 24.7 Å². The van der Waals surface area contributed by atoms with Gasteiger partial charge in [-0.1, -0.05) is 35.5 Å². The summed E-state index contributed by atoms with van der Waals surface area (Å²) in [6.07, 6.45) is 0.658. The van der Waals surface area contributed by atoms with Gasteiger partial charge < -0.3 is 14.2 Å². The molecule has 9 nitrogen and oxygen atoms in total. The van der Waals surface area contributed by atoms with Gasteiger partial charge in [-0.25, -0.2) is 9.48 Å². The van der Waals surface area contributed by atoms with Crippen LogP contribution in [-0.4, -0.2) is 49.0 Å². The maximum absolute atomic E-state index is 12.9. The molecule has 0 N–H and O–H groups in total. The Morgan fingerprint density at radius 1 is 1.24 bits per heavy atom. The number of carbonyl (C=O) groups excluding carboxylic acids is 1. The normalized spacial score (nSPS) is 20.9. The molecular weight excluding hydrogens is 374 g/mol. The van der Waals surface area contributed by atoms with Crippen molar-refractivity contribution in [1.29, 1.82) is 0 Å². The van der Waals surface area contributed by atoms with Crippen molar-refractivity contribution in [3.8, 4) is 11.3 Å². The van der Waals surface area contributed by atoms with Gasteiger partial charge in [0.25, 0.3) is 5.91 Å². The van der Waals surface area contributed by atoms with E-state index in [0.717, 1.165) is 5.56 Å². The molecule has 1 atom stereocenters. The molecule has 0 radical (unpaired) electrons. The molecule has 2 aromatic heterocycles. The van der Waals surface area contributed by atoms with E-state index < -0.39 is 5.60 Å². The number of hydrogen-bond acceptors (Lipinski definition) is 6. The Hall–Kier alpha value is -3.20. The van der Waals surface area contributed by atoms with E-state index in [1.165, 1.54) is 4.68 Å². The van der Waals surface area contributed by atoms with Crippen molar-refractivity contribution >= 4 is 5.91 Å². The third-order valence-corrected chi connectivity index (χ3v) is 5.64. The summed E-state index contributed by atoms with van der Waals surface area (Å²) in [5, 5.41) is 8.26. The topological polar surface area (TPSA) is 95.4 Å². The van der Waals surface area contributed by atoms with Crippen LogP contribution in [-0.2, 0) is 24.4 Å². The molecule has 1 aromatic carbocycles. The number of ether oxygens (including phenoxy) is 1. The zero-order valence-corrected chi connectivity index (χ0v) is 16.1. The second-order valence-electron chi connectivity index (χ2n) is 7.49. The largest absolute Gasteiger partial charge is 0.363 e. The number of amides is 1. The predicted octanol–water partition coefficient (Wildman–Crippen LogP) is 1.53. The number of benzene rings is 1. The summed E-state index contributed by atoms with van der Waals surface area (Å²) in [4.78, 5) is 27.1. The zero-order valence-electron chi connectivity index (χ0n) is 16.1. The average Bonchev–Trinajstić information content (AvgIpc) is 3.47. The van der Waals surface area contributed by atoms with E-state index in [1.807, 2.05) is 37.3 Å². The first-order chi connectivity index (χ1) is 14.1.